The van der Waals surface area contributed by atoms with Crippen LogP contribution in [-0.2, 0) is 13.0 Å². The first-order valence-electron chi connectivity index (χ1n) is 7.84. The van der Waals surface area contributed by atoms with Gasteiger partial charge in [0.25, 0.3) is 0 Å². The summed E-state index contributed by atoms with van der Waals surface area (Å²) >= 11 is 0. The summed E-state index contributed by atoms with van der Waals surface area (Å²) in [6.07, 6.45) is 4.76. The predicted octanol–water partition coefficient (Wildman–Crippen LogP) is 5.28. The maximum atomic E-state index is 2.39. The number of hydrogen-bond acceptors (Lipinski definition) is 0. The first-order valence-corrected chi connectivity index (χ1v) is 7.84. The molecular formula is C20H23N. The molecule has 0 spiro atoms. The van der Waals surface area contributed by atoms with Crippen molar-refractivity contribution in [2.75, 3.05) is 0 Å². The molecule has 0 aliphatic heterocycles. The zero-order chi connectivity index (χ0) is 14.7. The fourth-order valence-electron chi connectivity index (χ4n) is 2.88. The van der Waals surface area contributed by atoms with Crippen LogP contribution in [0.3, 0.4) is 0 Å². The minimum Gasteiger partial charge on any atom is -0.343 e. The van der Waals surface area contributed by atoms with Gasteiger partial charge in [-0.25, -0.2) is 0 Å². The van der Waals surface area contributed by atoms with E-state index in [1.54, 1.807) is 0 Å². The molecule has 0 bridgehead atoms. The van der Waals surface area contributed by atoms with Crippen molar-refractivity contribution < 1.29 is 0 Å². The van der Waals surface area contributed by atoms with Crippen LogP contribution in [0.2, 0.25) is 0 Å². The van der Waals surface area contributed by atoms with Crippen LogP contribution in [0.5, 0.6) is 0 Å². The van der Waals surface area contributed by atoms with Crippen LogP contribution in [0, 0.1) is 5.92 Å². The molecule has 2 aromatic carbocycles. The summed E-state index contributed by atoms with van der Waals surface area (Å²) in [5.41, 5.74) is 4.18. The van der Waals surface area contributed by atoms with Crippen molar-refractivity contribution in [2.24, 2.45) is 5.92 Å². The molecule has 0 aliphatic carbocycles. The molecular weight excluding hydrogens is 254 g/mol. The molecule has 3 rings (SSSR count). The predicted molar refractivity (Wildman–Crippen MR) is 90.6 cm³/mol. The van der Waals surface area contributed by atoms with Gasteiger partial charge in [-0.3, -0.25) is 0 Å². The summed E-state index contributed by atoms with van der Waals surface area (Å²) < 4.78 is 2.39. The van der Waals surface area contributed by atoms with Crippen molar-refractivity contribution in [3.63, 3.8) is 0 Å². The lowest BCUT2D eigenvalue weighted by Gasteiger charge is -2.05. The summed E-state index contributed by atoms with van der Waals surface area (Å²) in [7, 11) is 0. The highest BCUT2D eigenvalue weighted by molar-refractivity contribution is 5.84. The number of fused-ring (bicyclic) bond motifs is 1. The number of aromatic nitrogens is 1. The lowest BCUT2D eigenvalue weighted by atomic mass is 10.0. The van der Waals surface area contributed by atoms with Gasteiger partial charge in [0.2, 0.25) is 0 Å². The zero-order valence-corrected chi connectivity index (χ0v) is 12.9. The van der Waals surface area contributed by atoms with E-state index in [-0.39, 0.29) is 0 Å². The van der Waals surface area contributed by atoms with Crippen LogP contribution >= 0.6 is 0 Å². The van der Waals surface area contributed by atoms with Crippen molar-refractivity contribution in [3.8, 4) is 0 Å². The maximum absolute atomic E-state index is 2.39. The second-order valence-corrected chi connectivity index (χ2v) is 6.22. The second kappa shape index (κ2) is 6.17. The molecule has 0 aliphatic rings. The van der Waals surface area contributed by atoms with Gasteiger partial charge >= 0.3 is 0 Å². The smallest absolute Gasteiger partial charge is 0.0486 e. The molecule has 0 saturated carbocycles. The minimum absolute atomic E-state index is 0.751. The molecule has 21 heavy (non-hydrogen) atoms. The lowest BCUT2D eigenvalue weighted by Crippen LogP contribution is -1.97. The Morgan fingerprint density at radius 2 is 1.62 bits per heavy atom. The summed E-state index contributed by atoms with van der Waals surface area (Å²) in [6.45, 7) is 5.54. The first-order chi connectivity index (χ1) is 10.2. The monoisotopic (exact) mass is 277 g/mol. The number of hydrogen-bond donors (Lipinski definition) is 0. The number of para-hydroxylation sites is 1. The highest BCUT2D eigenvalue weighted by atomic mass is 15.0. The molecule has 0 fully saturated rings. The Labute approximate surface area is 127 Å². The van der Waals surface area contributed by atoms with Gasteiger partial charge in [0.15, 0.2) is 0 Å². The second-order valence-electron chi connectivity index (χ2n) is 6.22. The highest BCUT2D eigenvalue weighted by Gasteiger charge is 2.08. The minimum atomic E-state index is 0.751. The van der Waals surface area contributed by atoms with Gasteiger partial charge in [-0.05, 0) is 36.0 Å². The number of rotatable bonds is 5. The van der Waals surface area contributed by atoms with E-state index in [4.69, 9.17) is 0 Å². The largest absolute Gasteiger partial charge is 0.343 e. The average molecular weight is 277 g/mol. The Morgan fingerprint density at radius 3 is 2.38 bits per heavy atom. The molecule has 0 radical (unpaired) electrons. The standard InChI is InChI=1S/C20H23N/c1-16(2)12-13-18-15-21(14-17-8-4-3-5-9-17)20-11-7-6-10-19(18)20/h3-11,15-16H,12-14H2,1-2H3. The Hall–Kier alpha value is -2.02. The summed E-state index contributed by atoms with van der Waals surface area (Å²) in [6, 6.07) is 19.5. The topological polar surface area (TPSA) is 4.93 Å². The van der Waals surface area contributed by atoms with Gasteiger partial charge in [-0.15, -0.1) is 0 Å². The zero-order valence-electron chi connectivity index (χ0n) is 12.9. The van der Waals surface area contributed by atoms with E-state index in [0.717, 1.165) is 12.5 Å². The molecule has 0 N–H and O–H groups in total. The Morgan fingerprint density at radius 1 is 0.905 bits per heavy atom. The van der Waals surface area contributed by atoms with E-state index in [1.165, 1.54) is 34.9 Å². The van der Waals surface area contributed by atoms with Crippen LogP contribution < -0.4 is 0 Å². The quantitative estimate of drug-likeness (QED) is 0.598. The molecule has 1 aromatic heterocycles. The van der Waals surface area contributed by atoms with E-state index < -0.39 is 0 Å². The Bertz CT molecular complexity index is 707. The van der Waals surface area contributed by atoms with Crippen molar-refractivity contribution in [1.29, 1.82) is 0 Å². The summed E-state index contributed by atoms with van der Waals surface area (Å²) in [5.74, 6) is 0.751. The normalized spacial score (nSPS) is 11.4. The number of nitrogens with zero attached hydrogens (tertiary/aromatic N) is 1. The third-order valence-electron chi connectivity index (χ3n) is 4.06. The third-order valence-corrected chi connectivity index (χ3v) is 4.06. The highest BCUT2D eigenvalue weighted by Crippen LogP contribution is 2.24. The molecule has 1 nitrogen and oxygen atoms in total. The third kappa shape index (κ3) is 3.18. The van der Waals surface area contributed by atoms with Crippen molar-refractivity contribution in [1.82, 2.24) is 4.57 Å². The van der Waals surface area contributed by atoms with E-state index >= 15 is 0 Å². The van der Waals surface area contributed by atoms with Crippen LogP contribution in [0.4, 0.5) is 0 Å². The fraction of sp³-hybridized carbons (Fsp3) is 0.300. The Balaban J connectivity index is 1.95. The summed E-state index contributed by atoms with van der Waals surface area (Å²) in [4.78, 5) is 0. The SMILES string of the molecule is CC(C)CCc1cn(Cc2ccccc2)c2ccccc12. The van der Waals surface area contributed by atoms with E-state index in [2.05, 4.69) is 79.2 Å². The van der Waals surface area contributed by atoms with Gasteiger partial charge in [-0.2, -0.15) is 0 Å². The van der Waals surface area contributed by atoms with Gasteiger partial charge in [0.1, 0.15) is 0 Å². The molecule has 108 valence electrons. The average Bonchev–Trinajstić information content (AvgIpc) is 2.85. The van der Waals surface area contributed by atoms with Crippen molar-refractivity contribution in [3.05, 3.63) is 71.9 Å². The number of benzene rings is 2. The van der Waals surface area contributed by atoms with E-state index in [1.807, 2.05) is 0 Å². The summed E-state index contributed by atoms with van der Waals surface area (Å²) in [5, 5.41) is 1.41. The van der Waals surface area contributed by atoms with Gasteiger partial charge in [0.05, 0.1) is 0 Å². The number of aryl methyl sites for hydroxylation is 1. The Kier molecular flexibility index (Phi) is 4.10. The van der Waals surface area contributed by atoms with E-state index in [0.29, 0.717) is 0 Å². The van der Waals surface area contributed by atoms with Gasteiger partial charge in [0, 0.05) is 23.6 Å². The van der Waals surface area contributed by atoms with E-state index in [9.17, 15) is 0 Å². The molecule has 1 heterocycles. The van der Waals surface area contributed by atoms with Crippen LogP contribution in [-0.4, -0.2) is 4.57 Å². The van der Waals surface area contributed by atoms with Crippen LogP contribution in [0.25, 0.3) is 10.9 Å². The molecule has 0 atom stereocenters. The van der Waals surface area contributed by atoms with Crippen LogP contribution in [0.1, 0.15) is 31.4 Å². The van der Waals surface area contributed by atoms with Crippen molar-refractivity contribution in [2.45, 2.75) is 33.2 Å². The van der Waals surface area contributed by atoms with Crippen LogP contribution in [0.15, 0.2) is 60.8 Å². The molecule has 3 aromatic rings. The molecule has 0 unspecified atom stereocenters. The maximum Gasteiger partial charge on any atom is 0.0486 e. The van der Waals surface area contributed by atoms with Crippen molar-refractivity contribution >= 4 is 10.9 Å². The fourth-order valence-corrected chi connectivity index (χ4v) is 2.88. The van der Waals surface area contributed by atoms with Gasteiger partial charge in [-0.1, -0.05) is 62.4 Å². The lowest BCUT2D eigenvalue weighted by molar-refractivity contribution is 0.587. The molecule has 1 heteroatoms. The molecule has 0 saturated heterocycles. The first kappa shape index (κ1) is 13.9. The van der Waals surface area contributed by atoms with Gasteiger partial charge < -0.3 is 4.57 Å². The molecule has 0 amide bonds.